The summed E-state index contributed by atoms with van der Waals surface area (Å²) in [5, 5.41) is 88.6. The van der Waals surface area contributed by atoms with Crippen LogP contribution in [0.3, 0.4) is 0 Å². The van der Waals surface area contributed by atoms with Crippen molar-refractivity contribution in [2.24, 2.45) is 16.6 Å². The molecule has 36 heteroatoms. The number of rotatable bonds is 29. The first-order valence-electron chi connectivity index (χ1n) is 39.6. The number of aliphatic imine (C=N–C) groups is 1. The van der Waals surface area contributed by atoms with Crippen LogP contribution < -0.4 is 39.0 Å². The number of H-pyrrole nitrogens is 5. The molecule has 2 fully saturated rings. The molecule has 6 aromatic carbocycles. The van der Waals surface area contributed by atoms with Gasteiger partial charge in [0, 0.05) is 120 Å². The summed E-state index contributed by atoms with van der Waals surface area (Å²) in [4.78, 5) is 146. The molecule has 5 aromatic heterocycles. The number of halogens is 1. The van der Waals surface area contributed by atoms with Crippen LogP contribution in [-0.4, -0.2) is 205 Å². The van der Waals surface area contributed by atoms with Gasteiger partial charge in [0.25, 0.3) is 11.5 Å². The Morgan fingerprint density at radius 1 is 0.557 bits per heavy atom. The molecule has 35 nitrogen and oxygen atoms in total. The van der Waals surface area contributed by atoms with Gasteiger partial charge in [-0.3, -0.25) is 48.3 Å². The topological polar surface area (TPSA) is 538 Å². The molecule has 14 rings (SSSR count). The number of phenols is 4. The summed E-state index contributed by atoms with van der Waals surface area (Å²) in [5.74, 6) is -4.71. The van der Waals surface area contributed by atoms with E-state index < -0.39 is 47.2 Å². The van der Waals surface area contributed by atoms with Gasteiger partial charge in [-0.05, 0) is 143 Å². The lowest BCUT2D eigenvalue weighted by Crippen LogP contribution is -2.48. The lowest BCUT2D eigenvalue weighted by atomic mass is 9.93. The average molecular weight is 1690 g/mol. The molecule has 8 heterocycles. The molecule has 11 aromatic rings. The number of nitrogens with two attached hydrogens (primary N) is 2. The number of hydrogen-bond donors (Lipinski definition) is 16. The third-order valence-electron chi connectivity index (χ3n) is 21.6. The van der Waals surface area contributed by atoms with E-state index in [-0.39, 0.29) is 132 Å². The van der Waals surface area contributed by atoms with Crippen LogP contribution in [0.25, 0.3) is 45.2 Å². The summed E-state index contributed by atoms with van der Waals surface area (Å²) in [6.07, 6.45) is 5.20. The second kappa shape index (κ2) is 39.9. The van der Waals surface area contributed by atoms with Crippen molar-refractivity contribution in [1.29, 1.82) is 0 Å². The molecule has 2 amide bonds. The van der Waals surface area contributed by atoms with Gasteiger partial charge in [0.2, 0.25) is 11.9 Å². The molecule has 3 aliphatic heterocycles. The Hall–Kier alpha value is -13.8. The predicted molar refractivity (Wildman–Crippen MR) is 456 cm³/mol. The van der Waals surface area contributed by atoms with Crippen LogP contribution in [0.5, 0.6) is 23.0 Å². The number of carboxylic acids is 3. The van der Waals surface area contributed by atoms with Gasteiger partial charge in [-0.2, -0.15) is 15.2 Å². The van der Waals surface area contributed by atoms with Gasteiger partial charge in [0.05, 0.1) is 45.8 Å². The Labute approximate surface area is 704 Å². The molecule has 0 saturated carbocycles. The minimum Gasteiger partial charge on any atom is -0.508 e. The number of nitrogen functional groups attached to an aromatic ring is 1. The fourth-order valence-corrected chi connectivity index (χ4v) is 14.9. The first kappa shape index (κ1) is 89.0. The first-order valence-corrected chi connectivity index (χ1v) is 39.6. The molecule has 0 spiro atoms. The highest BCUT2D eigenvalue weighted by Gasteiger charge is 2.30. The number of aryl methyl sites for hydroxylation is 4. The monoisotopic (exact) mass is 1690 g/mol. The average Bonchev–Trinajstić information content (AvgIpc) is 1.59. The number of carbonyl (C=O) groups excluding carboxylic acids is 4. The number of aromatic nitrogens is 10. The molecule has 0 aliphatic carbocycles. The van der Waals surface area contributed by atoms with Crippen LogP contribution >= 0.6 is 12.4 Å². The van der Waals surface area contributed by atoms with E-state index >= 15 is 0 Å². The Morgan fingerprint density at radius 3 is 1.57 bits per heavy atom. The summed E-state index contributed by atoms with van der Waals surface area (Å²) in [6, 6.07) is 33.4. The van der Waals surface area contributed by atoms with Crippen LogP contribution in [0.2, 0.25) is 0 Å². The van der Waals surface area contributed by atoms with E-state index in [9.17, 15) is 73.5 Å². The Kier molecular flexibility index (Phi) is 29.1. The number of amides is 2. The number of aromatic amines is 5. The normalized spacial score (nSPS) is 14.0. The van der Waals surface area contributed by atoms with Gasteiger partial charge >= 0.3 is 29.3 Å². The highest BCUT2D eigenvalue weighted by Crippen LogP contribution is 2.40. The number of nitrogens with zero attached hydrogens (tertiary/aromatic N) is 9. The quantitative estimate of drug-likeness (QED) is 0.0197. The number of ketones is 2. The largest absolute Gasteiger partial charge is 0.508 e. The zero-order valence-electron chi connectivity index (χ0n) is 67.5. The van der Waals surface area contributed by atoms with Crippen molar-refractivity contribution in [2.75, 3.05) is 58.1 Å². The highest BCUT2D eigenvalue weighted by atomic mass is 35.5. The van der Waals surface area contributed by atoms with Crippen molar-refractivity contribution in [3.8, 4) is 57.1 Å². The van der Waals surface area contributed by atoms with E-state index in [0.717, 1.165) is 60.5 Å². The van der Waals surface area contributed by atoms with Gasteiger partial charge in [-0.25, -0.2) is 38.7 Å². The molecule has 2 saturated heterocycles. The number of Topliss-reactive ketones (excluding diaryl/α,β-unsaturated/α-hetero) is 2. The molecule has 2 atom stereocenters. The summed E-state index contributed by atoms with van der Waals surface area (Å²) in [6.45, 7) is 15.4. The van der Waals surface area contributed by atoms with Crippen molar-refractivity contribution in [3.05, 3.63) is 226 Å². The molecular formula is C86H97ClN18O17. The maximum Gasteiger partial charge on any atom is 0.348 e. The van der Waals surface area contributed by atoms with Crippen molar-refractivity contribution >= 4 is 82.3 Å². The summed E-state index contributed by atoms with van der Waals surface area (Å²) in [7, 11) is 0. The van der Waals surface area contributed by atoms with Crippen molar-refractivity contribution in [2.45, 2.75) is 123 Å². The number of hydrogen-bond acceptors (Lipinski definition) is 23. The lowest BCUT2D eigenvalue weighted by molar-refractivity contribution is -0.143. The second-order valence-electron chi connectivity index (χ2n) is 30.7. The number of amidine groups is 1. The molecule has 0 unspecified atom stereocenters. The van der Waals surface area contributed by atoms with Gasteiger partial charge in [0.1, 0.15) is 46.3 Å². The smallest absolute Gasteiger partial charge is 0.348 e. The van der Waals surface area contributed by atoms with Crippen LogP contribution in [0.4, 0.5) is 11.8 Å². The summed E-state index contributed by atoms with van der Waals surface area (Å²) < 4.78 is 2.80. The summed E-state index contributed by atoms with van der Waals surface area (Å²) >= 11 is 0. The van der Waals surface area contributed by atoms with Crippen molar-refractivity contribution in [1.82, 2.24) is 74.8 Å². The maximum absolute atomic E-state index is 13.2. The van der Waals surface area contributed by atoms with E-state index in [4.69, 9.17) is 21.7 Å². The van der Waals surface area contributed by atoms with Crippen LogP contribution in [0.1, 0.15) is 154 Å². The number of anilines is 1. The zero-order chi connectivity index (χ0) is 86.5. The Morgan fingerprint density at radius 2 is 1.06 bits per heavy atom. The predicted octanol–water partition coefficient (Wildman–Crippen LogP) is 8.10. The Balaban J connectivity index is 0.000000196. The Bertz CT molecular complexity index is 5850. The second-order valence-corrected chi connectivity index (χ2v) is 30.7. The number of carboxylic acid groups (broad SMARTS) is 3. The number of carbonyl (C=O) groups is 7. The fraction of sp³-hybridized carbons (Fsp3) is 0.326. The third-order valence-corrected chi connectivity index (χ3v) is 21.6. The molecule has 122 heavy (non-hydrogen) atoms. The highest BCUT2D eigenvalue weighted by molar-refractivity contribution is 6.15. The maximum atomic E-state index is 13.2. The minimum absolute atomic E-state index is 0. The SMILES string of the molecule is CC(C)c1cc(-c2n[nH]c(=O)n2-c2ccc(CN3CCN(C(=O)CC[C@H](CC(=O)c4ccc(CCc5c[nH]c6nc(N)[nH]c(=O)c56)cc4)C(=O)O)CC3)cc2)c(O)cc1O.CC(C)c1cc(-c2n[nH]c(=O)n2-c2ccc(CN3CCNCC3)cc2)c(O)cc1O.Cl.NC1=Nc2[nH]cc(CCc3ccc(C(=O)N[C@H](CCC(=O)O)C(=O)O)cc3)c2C(=O)C1. The summed E-state index contributed by atoms with van der Waals surface area (Å²) in [5.41, 5.74) is 20.6. The number of nitrogens with one attached hydrogen (secondary N) is 7. The standard InChI is InChI=1S/C43H47N9O8.C22H27N5O3.C21H22N4O6.ClH/c1-24(2)31-20-32(35(55)21-34(31)54)39-48-49-43(60)52(39)30-12-6-26(7-13-30)23-50-15-17-51(18-16-50)36(56)14-11-28(41(58)59)19-33(53)27-8-3-25(4-9-27)5-10-29-22-45-38-37(29)40(57)47-42(44)46-38;1-14(2)17-11-18(20(29)12-19(17)28)21-24-25-22(30)27(21)16-5-3-15(4-6-16)13-26-9-7-23-8-10-26;22-16-9-15(26)18-13(10-23-19(18)25-16)6-3-11-1-4-12(5-2-11)20(29)24-14(21(30)31)7-8-17(27)28;/h3-4,6-9,12-13,20-22,24,28,54-55H,5,10-11,14-19,23H2,1-2H3,(H,49,60)(H,58,59)(H4,44,45,46,47,57);3-6,11-12,14,23,28-29H,7-10,13H2,1-2H3,(H,25,30);1-2,4-5,10,14,23H,3,6-9H2,(H2,22,25)(H,24,29)(H,27,28)(H,30,31);1H/t28-;;14-;/m1.1./s1. The van der Waals surface area contributed by atoms with Gasteiger partial charge in [0.15, 0.2) is 23.2 Å². The number of aliphatic carboxylic acids is 3. The minimum atomic E-state index is -1.29. The van der Waals surface area contributed by atoms with Gasteiger partial charge < -0.3 is 72.7 Å². The van der Waals surface area contributed by atoms with Crippen molar-refractivity contribution in [3.63, 3.8) is 0 Å². The van der Waals surface area contributed by atoms with E-state index in [0.29, 0.717) is 126 Å². The first-order chi connectivity index (χ1) is 57.9. The number of benzene rings is 6. The fourth-order valence-electron chi connectivity index (χ4n) is 14.9. The number of fused-ring (bicyclic) bond motifs is 2. The molecular weight excluding hydrogens is 1590 g/mol. The third kappa shape index (κ3) is 21.8. The van der Waals surface area contributed by atoms with Crippen LogP contribution in [0.15, 0.2) is 153 Å². The molecule has 18 N–H and O–H groups in total. The zero-order valence-corrected chi connectivity index (χ0v) is 68.3. The molecule has 3 aliphatic rings. The van der Waals surface area contributed by atoms with Gasteiger partial charge in [-0.15, -0.1) is 12.4 Å². The van der Waals surface area contributed by atoms with E-state index in [1.54, 1.807) is 78.0 Å². The number of piperazine rings is 2. The number of phenolic OH excluding ortho intramolecular Hbond substituents is 4. The van der Waals surface area contributed by atoms with Crippen LogP contribution in [-0.2, 0) is 58.0 Å². The number of aromatic hydroxyl groups is 4. The molecule has 640 valence electrons. The van der Waals surface area contributed by atoms with Crippen molar-refractivity contribution < 1.29 is 69.3 Å². The van der Waals surface area contributed by atoms with Crippen LogP contribution in [0, 0.1) is 5.92 Å². The van der Waals surface area contributed by atoms with Gasteiger partial charge in [-0.1, -0.05) is 88.4 Å². The van der Waals surface area contributed by atoms with E-state index in [1.165, 1.54) is 26.8 Å². The van der Waals surface area contributed by atoms with E-state index in [2.05, 4.69) is 65.8 Å². The molecule has 0 bridgehead atoms. The van der Waals surface area contributed by atoms with E-state index in [1.807, 2.05) is 76.2 Å². The molecule has 0 radical (unpaired) electrons. The lowest BCUT2D eigenvalue weighted by Gasteiger charge is -2.35.